The van der Waals surface area contributed by atoms with E-state index in [9.17, 15) is 0 Å². The second-order valence-electron chi connectivity index (χ2n) is 4.31. The van der Waals surface area contributed by atoms with Crippen LogP contribution in [0.15, 0.2) is 0 Å². The van der Waals surface area contributed by atoms with E-state index in [1.54, 1.807) is 11.8 Å². The van der Waals surface area contributed by atoms with Crippen LogP contribution < -0.4 is 5.84 Å². The summed E-state index contributed by atoms with van der Waals surface area (Å²) in [5.41, 5.74) is 0.176. The molecule has 1 aliphatic heterocycles. The van der Waals surface area contributed by atoms with Gasteiger partial charge in [0.2, 0.25) is 0 Å². The summed E-state index contributed by atoms with van der Waals surface area (Å²) in [5.74, 6) is 6.54. The van der Waals surface area contributed by atoms with Gasteiger partial charge < -0.3 is 4.74 Å². The Bertz CT molecular complexity index is 203. The highest BCUT2D eigenvalue weighted by Crippen LogP contribution is 2.23. The van der Waals surface area contributed by atoms with E-state index >= 15 is 0 Å². The average molecular weight is 220 g/mol. The molecule has 0 aromatic rings. The summed E-state index contributed by atoms with van der Waals surface area (Å²) in [5, 5.41) is 1.53. The zero-order valence-corrected chi connectivity index (χ0v) is 9.87. The molecule has 1 atom stereocenters. The molecule has 0 saturated carbocycles. The molecule has 5 heteroatoms. The Morgan fingerprint density at radius 2 is 2.31 bits per heavy atom. The summed E-state index contributed by atoms with van der Waals surface area (Å²) in [6, 6.07) is 0. The van der Waals surface area contributed by atoms with Crippen molar-refractivity contribution >= 4 is 28.3 Å². The molecule has 0 aromatic heterocycles. The Kier molecular flexibility index (Phi) is 3.57. The van der Waals surface area contributed by atoms with Crippen LogP contribution in [-0.4, -0.2) is 27.9 Å². The molecular formula is C8H16N2OS2. The lowest BCUT2D eigenvalue weighted by molar-refractivity contribution is -0.0362. The van der Waals surface area contributed by atoms with Crippen LogP contribution in [0.4, 0.5) is 0 Å². The van der Waals surface area contributed by atoms with Gasteiger partial charge in [-0.15, -0.1) is 0 Å². The molecule has 0 radical (unpaired) electrons. The van der Waals surface area contributed by atoms with Crippen molar-refractivity contribution in [3.05, 3.63) is 0 Å². The molecular weight excluding hydrogens is 204 g/mol. The fourth-order valence-corrected chi connectivity index (χ4v) is 2.02. The van der Waals surface area contributed by atoms with Crippen molar-refractivity contribution in [1.82, 2.24) is 5.01 Å². The third-order valence-electron chi connectivity index (χ3n) is 1.58. The van der Waals surface area contributed by atoms with Crippen LogP contribution in [0, 0.1) is 5.41 Å². The Hall–Kier alpha value is 0.160. The number of rotatable bonds is 2. The largest absolute Gasteiger partial charge is 0.356 e. The Balaban J connectivity index is 2.35. The van der Waals surface area contributed by atoms with Gasteiger partial charge in [-0.2, -0.15) is 0 Å². The minimum Gasteiger partial charge on any atom is -0.356 e. The maximum Gasteiger partial charge on any atom is 0.154 e. The number of ether oxygens (including phenoxy) is 1. The fraction of sp³-hybridized carbons (Fsp3) is 0.875. The highest BCUT2D eigenvalue weighted by atomic mass is 32.2. The lowest BCUT2D eigenvalue weighted by Crippen LogP contribution is -2.42. The first-order valence-electron chi connectivity index (χ1n) is 4.22. The minimum atomic E-state index is -0.0447. The summed E-state index contributed by atoms with van der Waals surface area (Å²) in [6.07, 6.45) is -0.0447. The molecule has 1 unspecified atom stereocenters. The van der Waals surface area contributed by atoms with E-state index in [-0.39, 0.29) is 11.6 Å². The van der Waals surface area contributed by atoms with Gasteiger partial charge in [0.25, 0.3) is 0 Å². The number of hydrogen-bond donors (Lipinski definition) is 1. The van der Waals surface area contributed by atoms with Crippen LogP contribution in [0.1, 0.15) is 20.8 Å². The van der Waals surface area contributed by atoms with Gasteiger partial charge in [-0.05, 0) is 5.41 Å². The zero-order chi connectivity index (χ0) is 10.1. The first-order chi connectivity index (χ1) is 5.90. The maximum atomic E-state index is 5.70. The van der Waals surface area contributed by atoms with Crippen molar-refractivity contribution in [2.75, 3.05) is 12.4 Å². The van der Waals surface area contributed by atoms with Crippen LogP contribution in [0.3, 0.4) is 0 Å². The number of nitrogens with two attached hydrogens (primary N) is 1. The van der Waals surface area contributed by atoms with E-state index in [0.717, 1.165) is 10.1 Å². The second-order valence-corrected chi connectivity index (χ2v) is 5.96. The number of thioether (sulfide) groups is 1. The predicted octanol–water partition coefficient (Wildman–Crippen LogP) is 1.58. The van der Waals surface area contributed by atoms with Gasteiger partial charge in [0.15, 0.2) is 10.5 Å². The zero-order valence-electron chi connectivity index (χ0n) is 8.24. The molecule has 0 spiro atoms. The van der Waals surface area contributed by atoms with E-state index in [1.807, 2.05) is 0 Å². The van der Waals surface area contributed by atoms with Crippen molar-refractivity contribution in [2.45, 2.75) is 27.0 Å². The smallest absolute Gasteiger partial charge is 0.154 e. The van der Waals surface area contributed by atoms with Gasteiger partial charge in [-0.3, -0.25) is 5.01 Å². The summed E-state index contributed by atoms with van der Waals surface area (Å²) in [6.45, 7) is 7.10. The SMILES string of the molecule is CC(C)(C)COC1CSC(=S)N1N. The molecule has 2 N–H and O–H groups in total. The standard InChI is InChI=1S/C8H16N2OS2/c1-8(2,3)5-11-6-4-13-7(12)10(6)9/h6H,4-5,9H2,1-3H3. The van der Waals surface area contributed by atoms with Crippen molar-refractivity contribution < 1.29 is 4.74 Å². The van der Waals surface area contributed by atoms with Gasteiger partial charge in [0.1, 0.15) is 0 Å². The summed E-state index contributed by atoms with van der Waals surface area (Å²) < 4.78 is 6.36. The predicted molar refractivity (Wildman–Crippen MR) is 60.3 cm³/mol. The summed E-state index contributed by atoms with van der Waals surface area (Å²) in [4.78, 5) is 0. The number of nitrogens with zero attached hydrogens (tertiary/aromatic N) is 1. The highest BCUT2D eigenvalue weighted by Gasteiger charge is 2.28. The lowest BCUT2D eigenvalue weighted by Gasteiger charge is -2.25. The molecule has 1 rings (SSSR count). The van der Waals surface area contributed by atoms with E-state index in [4.69, 9.17) is 22.8 Å². The monoisotopic (exact) mass is 220 g/mol. The molecule has 3 nitrogen and oxygen atoms in total. The Labute approximate surface area is 89.0 Å². The van der Waals surface area contributed by atoms with Gasteiger partial charge in [-0.25, -0.2) is 5.84 Å². The van der Waals surface area contributed by atoms with Crippen molar-refractivity contribution in [3.8, 4) is 0 Å². The van der Waals surface area contributed by atoms with Crippen molar-refractivity contribution in [1.29, 1.82) is 0 Å². The van der Waals surface area contributed by atoms with Gasteiger partial charge >= 0.3 is 0 Å². The van der Waals surface area contributed by atoms with E-state index in [2.05, 4.69) is 20.8 Å². The lowest BCUT2D eigenvalue weighted by atomic mass is 9.99. The number of hydrazine groups is 1. The molecule has 1 heterocycles. The fourth-order valence-electron chi connectivity index (χ4n) is 0.890. The number of thiocarbonyl (C=S) groups is 1. The maximum absolute atomic E-state index is 5.70. The third kappa shape index (κ3) is 3.42. The summed E-state index contributed by atoms with van der Waals surface area (Å²) in [7, 11) is 0. The summed E-state index contributed by atoms with van der Waals surface area (Å²) >= 11 is 6.58. The van der Waals surface area contributed by atoms with E-state index in [0.29, 0.717) is 6.61 Å². The average Bonchev–Trinajstić information content (AvgIpc) is 2.29. The van der Waals surface area contributed by atoms with Gasteiger partial charge in [0.05, 0.1) is 6.61 Å². The van der Waals surface area contributed by atoms with Crippen molar-refractivity contribution in [2.24, 2.45) is 11.3 Å². The first kappa shape index (κ1) is 11.2. The molecule has 1 fully saturated rings. The third-order valence-corrected chi connectivity index (χ3v) is 3.05. The van der Waals surface area contributed by atoms with E-state index in [1.165, 1.54) is 5.01 Å². The second kappa shape index (κ2) is 4.13. The van der Waals surface area contributed by atoms with Crippen LogP contribution >= 0.6 is 24.0 Å². The van der Waals surface area contributed by atoms with Crippen LogP contribution in [0.2, 0.25) is 0 Å². The first-order valence-corrected chi connectivity index (χ1v) is 5.62. The topological polar surface area (TPSA) is 38.5 Å². The normalized spacial score (nSPS) is 24.2. The molecule has 76 valence electrons. The van der Waals surface area contributed by atoms with Gasteiger partial charge in [0, 0.05) is 5.75 Å². The van der Waals surface area contributed by atoms with E-state index < -0.39 is 0 Å². The molecule has 0 aromatic carbocycles. The molecule has 0 aliphatic carbocycles. The molecule has 1 saturated heterocycles. The molecule has 13 heavy (non-hydrogen) atoms. The minimum absolute atomic E-state index is 0.0447. The highest BCUT2D eigenvalue weighted by molar-refractivity contribution is 8.23. The Morgan fingerprint density at radius 3 is 2.69 bits per heavy atom. The van der Waals surface area contributed by atoms with Crippen LogP contribution in [-0.2, 0) is 4.74 Å². The quantitative estimate of drug-likeness (QED) is 0.565. The van der Waals surface area contributed by atoms with Crippen LogP contribution in [0.5, 0.6) is 0 Å². The molecule has 0 bridgehead atoms. The number of hydrogen-bond acceptors (Lipinski definition) is 4. The Morgan fingerprint density at radius 1 is 1.69 bits per heavy atom. The molecule has 1 aliphatic rings. The van der Waals surface area contributed by atoms with Crippen LogP contribution in [0.25, 0.3) is 0 Å². The van der Waals surface area contributed by atoms with Gasteiger partial charge in [-0.1, -0.05) is 44.8 Å². The van der Waals surface area contributed by atoms with Crippen molar-refractivity contribution in [3.63, 3.8) is 0 Å². The molecule has 0 amide bonds.